The fourth-order valence-electron chi connectivity index (χ4n) is 2.60. The summed E-state index contributed by atoms with van der Waals surface area (Å²) in [4.78, 5) is 17.0. The molecule has 2 aromatic carbocycles. The van der Waals surface area contributed by atoms with Crippen LogP contribution in [0.5, 0.6) is 0 Å². The molecule has 0 bridgehead atoms. The Bertz CT molecular complexity index is 989. The predicted molar refractivity (Wildman–Crippen MR) is 111 cm³/mol. The van der Waals surface area contributed by atoms with E-state index in [0.717, 1.165) is 27.8 Å². The normalized spacial score (nSPS) is 13.4. The number of aliphatic imine (C=N–C) groups is 1. The number of carbonyl (C=O) groups excluding carboxylic acids is 1. The van der Waals surface area contributed by atoms with Crippen LogP contribution in [0.2, 0.25) is 0 Å². The summed E-state index contributed by atoms with van der Waals surface area (Å²) < 4.78 is 12.0. The van der Waals surface area contributed by atoms with Gasteiger partial charge in [-0.15, -0.1) is 10.2 Å². The summed E-state index contributed by atoms with van der Waals surface area (Å²) in [6.07, 6.45) is 0. The lowest BCUT2D eigenvalue weighted by Gasteiger charge is -2.08. The first-order chi connectivity index (χ1) is 13.8. The Balaban J connectivity index is 1.38. The molecule has 1 aromatic heterocycles. The monoisotopic (exact) mass is 411 g/mol. The van der Waals surface area contributed by atoms with Crippen LogP contribution in [0.3, 0.4) is 0 Å². The molecule has 142 valence electrons. The molecule has 2 heterocycles. The molecule has 28 heavy (non-hydrogen) atoms. The van der Waals surface area contributed by atoms with E-state index in [0.29, 0.717) is 17.2 Å². The van der Waals surface area contributed by atoms with Crippen LogP contribution >= 0.6 is 23.5 Å². The lowest BCUT2D eigenvalue weighted by atomic mass is 10.1. The zero-order valence-corrected chi connectivity index (χ0v) is 16.5. The first kappa shape index (κ1) is 18.8. The van der Waals surface area contributed by atoms with E-state index in [4.69, 9.17) is 9.15 Å². The maximum absolute atomic E-state index is 12.6. The largest absolute Gasteiger partial charge is 0.452 e. The van der Waals surface area contributed by atoms with E-state index in [2.05, 4.69) is 15.2 Å². The molecule has 0 spiro atoms. The minimum Gasteiger partial charge on any atom is -0.452 e. The molecule has 0 fully saturated rings. The summed E-state index contributed by atoms with van der Waals surface area (Å²) in [7, 11) is 0. The van der Waals surface area contributed by atoms with Crippen molar-refractivity contribution in [3.05, 3.63) is 71.6 Å². The van der Waals surface area contributed by atoms with Gasteiger partial charge in [-0.2, -0.15) is 0 Å². The van der Waals surface area contributed by atoms with Crippen molar-refractivity contribution in [2.24, 2.45) is 4.99 Å². The van der Waals surface area contributed by atoms with Crippen molar-refractivity contribution in [3.8, 4) is 11.5 Å². The van der Waals surface area contributed by atoms with Gasteiger partial charge in [-0.05, 0) is 23.8 Å². The van der Waals surface area contributed by atoms with Gasteiger partial charge in [0.15, 0.2) is 6.61 Å². The molecule has 0 saturated carbocycles. The number of esters is 1. The molecule has 3 aromatic rings. The molecular formula is C20H17N3O3S2. The molecule has 0 radical (unpaired) electrons. The average Bonchev–Trinajstić information content (AvgIpc) is 3.43. The minimum absolute atomic E-state index is 0.0668. The third-order valence-electron chi connectivity index (χ3n) is 3.96. The molecule has 0 aliphatic carbocycles. The number of nitrogens with zero attached hydrogens (tertiary/aromatic N) is 3. The molecule has 0 atom stereocenters. The smallest absolute Gasteiger partial charge is 0.338 e. The summed E-state index contributed by atoms with van der Waals surface area (Å²) in [6, 6.07) is 16.9. The number of ether oxygens (including phenoxy) is 1. The van der Waals surface area contributed by atoms with Gasteiger partial charge in [0.05, 0.1) is 12.1 Å². The van der Waals surface area contributed by atoms with Crippen molar-refractivity contribution < 1.29 is 13.9 Å². The Morgan fingerprint density at radius 3 is 2.75 bits per heavy atom. The van der Waals surface area contributed by atoms with Crippen molar-refractivity contribution in [2.75, 3.05) is 12.3 Å². The van der Waals surface area contributed by atoms with Gasteiger partial charge in [-0.1, -0.05) is 59.9 Å². The highest BCUT2D eigenvalue weighted by molar-refractivity contribution is 8.38. The lowest BCUT2D eigenvalue weighted by molar-refractivity contribution is 0.0437. The number of hydrogen-bond donors (Lipinski definition) is 0. The van der Waals surface area contributed by atoms with Gasteiger partial charge >= 0.3 is 5.97 Å². The van der Waals surface area contributed by atoms with Gasteiger partial charge in [0.25, 0.3) is 5.89 Å². The van der Waals surface area contributed by atoms with Crippen molar-refractivity contribution in [1.82, 2.24) is 10.2 Å². The number of aromatic nitrogens is 2. The Morgan fingerprint density at radius 2 is 1.93 bits per heavy atom. The first-order valence-electron chi connectivity index (χ1n) is 8.72. The average molecular weight is 412 g/mol. The van der Waals surface area contributed by atoms with Crippen LogP contribution in [0.1, 0.15) is 21.8 Å². The second-order valence-corrected chi connectivity index (χ2v) is 8.19. The molecular weight excluding hydrogens is 394 g/mol. The van der Waals surface area contributed by atoms with Gasteiger partial charge in [0.2, 0.25) is 5.89 Å². The van der Waals surface area contributed by atoms with Crippen molar-refractivity contribution in [3.63, 3.8) is 0 Å². The standard InChI is InChI=1S/C20H17N3O3S2/c24-19(16-9-5-4-8-15(16)13-28-20-21-10-11-27-20)25-12-17-22-23-18(26-17)14-6-2-1-3-7-14/h1-9H,10-13H2. The van der Waals surface area contributed by atoms with E-state index in [1.165, 1.54) is 0 Å². The van der Waals surface area contributed by atoms with Gasteiger partial charge in [-0.25, -0.2) is 4.79 Å². The minimum atomic E-state index is -0.406. The maximum Gasteiger partial charge on any atom is 0.338 e. The van der Waals surface area contributed by atoms with Gasteiger partial charge in [0.1, 0.15) is 4.38 Å². The molecule has 1 aliphatic heterocycles. The Morgan fingerprint density at radius 1 is 1.11 bits per heavy atom. The third-order valence-corrected chi connectivity index (χ3v) is 6.26. The summed E-state index contributed by atoms with van der Waals surface area (Å²) >= 11 is 3.40. The maximum atomic E-state index is 12.6. The Hall–Kier alpha value is -2.58. The Kier molecular flexibility index (Phi) is 6.08. The lowest BCUT2D eigenvalue weighted by Crippen LogP contribution is -2.08. The van der Waals surface area contributed by atoms with Gasteiger partial charge in [0, 0.05) is 17.1 Å². The number of hydrogen-bond acceptors (Lipinski definition) is 8. The van der Waals surface area contributed by atoms with Crippen LogP contribution in [-0.2, 0) is 17.1 Å². The zero-order chi connectivity index (χ0) is 19.2. The van der Waals surface area contributed by atoms with Crippen molar-refractivity contribution >= 4 is 33.9 Å². The zero-order valence-electron chi connectivity index (χ0n) is 14.9. The highest BCUT2D eigenvalue weighted by atomic mass is 32.2. The molecule has 6 nitrogen and oxygen atoms in total. The fraction of sp³-hybridized carbons (Fsp3) is 0.200. The number of thioether (sulfide) groups is 2. The van der Waals surface area contributed by atoms with E-state index < -0.39 is 5.97 Å². The van der Waals surface area contributed by atoms with Gasteiger partial charge < -0.3 is 9.15 Å². The SMILES string of the molecule is O=C(OCc1nnc(-c2ccccc2)o1)c1ccccc1CSC1=NCCS1. The van der Waals surface area contributed by atoms with Crippen LogP contribution in [0.4, 0.5) is 0 Å². The summed E-state index contributed by atoms with van der Waals surface area (Å²) in [5.74, 6) is 1.96. The van der Waals surface area contributed by atoms with E-state index in [1.807, 2.05) is 48.5 Å². The highest BCUT2D eigenvalue weighted by Gasteiger charge is 2.16. The molecule has 8 heteroatoms. The van der Waals surface area contributed by atoms with Crippen molar-refractivity contribution in [1.29, 1.82) is 0 Å². The third kappa shape index (κ3) is 4.63. The number of carbonyl (C=O) groups is 1. The van der Waals surface area contributed by atoms with Gasteiger partial charge in [-0.3, -0.25) is 4.99 Å². The number of benzene rings is 2. The van der Waals surface area contributed by atoms with Crippen LogP contribution in [0, 0.1) is 0 Å². The molecule has 0 unspecified atom stereocenters. The quantitative estimate of drug-likeness (QED) is 0.555. The molecule has 4 rings (SSSR count). The van der Waals surface area contributed by atoms with Crippen molar-refractivity contribution in [2.45, 2.75) is 12.4 Å². The van der Waals surface area contributed by atoms with E-state index in [-0.39, 0.29) is 12.5 Å². The predicted octanol–water partition coefficient (Wildman–Crippen LogP) is 4.43. The first-order valence-corrected chi connectivity index (χ1v) is 10.7. The van der Waals surface area contributed by atoms with Crippen LogP contribution < -0.4 is 0 Å². The van der Waals surface area contributed by atoms with E-state index in [1.54, 1.807) is 29.6 Å². The topological polar surface area (TPSA) is 77.6 Å². The molecule has 0 N–H and O–H groups in total. The molecule has 0 amide bonds. The van der Waals surface area contributed by atoms with Crippen LogP contribution in [0.25, 0.3) is 11.5 Å². The highest BCUT2D eigenvalue weighted by Crippen LogP contribution is 2.27. The number of rotatable bonds is 6. The Labute approximate surface area is 170 Å². The summed E-state index contributed by atoms with van der Waals surface area (Å²) in [5, 5.41) is 7.95. The molecule has 1 aliphatic rings. The van der Waals surface area contributed by atoms with Crippen LogP contribution in [-0.4, -0.2) is 32.8 Å². The van der Waals surface area contributed by atoms with Crippen LogP contribution in [0.15, 0.2) is 64.0 Å². The second kappa shape index (κ2) is 9.07. The second-order valence-electron chi connectivity index (χ2n) is 5.89. The molecule has 0 saturated heterocycles. The summed E-state index contributed by atoms with van der Waals surface area (Å²) in [5.41, 5.74) is 2.28. The van der Waals surface area contributed by atoms with E-state index >= 15 is 0 Å². The summed E-state index contributed by atoms with van der Waals surface area (Å²) in [6.45, 7) is 0.800. The fourth-order valence-corrected chi connectivity index (χ4v) is 4.62. The van der Waals surface area contributed by atoms with E-state index in [9.17, 15) is 4.79 Å².